The molecule has 0 fully saturated rings. The van der Waals surface area contributed by atoms with Crippen LogP contribution in [-0.4, -0.2) is 0 Å². The normalized spacial score (nSPS) is 14.6. The number of hydrogen-bond acceptors (Lipinski definition) is 0. The van der Waals surface area contributed by atoms with Gasteiger partial charge in [0.25, 0.3) is 0 Å². The molecule has 0 spiro atoms. The van der Waals surface area contributed by atoms with E-state index < -0.39 is 0 Å². The van der Waals surface area contributed by atoms with Crippen molar-refractivity contribution < 1.29 is 0 Å². The second-order valence-corrected chi connectivity index (χ2v) is 33.2. The predicted molar refractivity (Wildman–Crippen MR) is 461 cm³/mol. The van der Waals surface area contributed by atoms with Crippen molar-refractivity contribution in [2.75, 3.05) is 0 Å². The van der Waals surface area contributed by atoms with E-state index in [1.165, 1.54) is 220 Å². The Labute approximate surface area is 633 Å². The Hall–Kier alpha value is -12.5. The number of fused-ring (bicyclic) bond motifs is 18. The van der Waals surface area contributed by atoms with Gasteiger partial charge in [0.15, 0.2) is 0 Å². The van der Waals surface area contributed by atoms with E-state index in [0.29, 0.717) is 0 Å². The number of benzene rings is 18. The van der Waals surface area contributed by atoms with E-state index in [1.54, 1.807) is 0 Å². The third-order valence-corrected chi connectivity index (χ3v) is 25.6. The van der Waals surface area contributed by atoms with Crippen LogP contribution in [0.1, 0.15) is 99.9 Å². The maximum absolute atomic E-state index is 2.52. The highest BCUT2D eigenvalue weighted by molar-refractivity contribution is 6.04. The standard InChI is InChI=1S/2C54H40/c1-53(2)49-29-43(41-16-14-34-10-6-8-12-36(34)26-41)21-23-45(49)47-31-52-48(32-51(47)53)46-24-22-44(30-50(46)54(52,3)4)42-20-19-39-27-38(17-18-40(39)28-42)37-15-13-33-9-5-7-11-35(33)25-37;1-53(2)49-16-10-9-15-44(49)47-31-52-48(32-51(47)53)45-24-23-39(30-50(45)54(52,3)4)42-28-40-13-7-8-14-43(40)46(29-42)41-22-21-37-26-36(19-20-38(37)27-41)35-18-17-33-11-5-6-12-34(33)25-35/h2*5-32H,1-4H3. The zero-order chi connectivity index (χ0) is 72.7. The second-order valence-electron chi connectivity index (χ2n) is 33.2. The Bertz CT molecular complexity index is 6920. The van der Waals surface area contributed by atoms with Crippen molar-refractivity contribution in [3.05, 3.63) is 384 Å². The van der Waals surface area contributed by atoms with Gasteiger partial charge in [-0.05, 0) is 317 Å². The fourth-order valence-electron chi connectivity index (χ4n) is 19.5. The Morgan fingerprint density at radius 1 is 0.130 bits per heavy atom. The predicted octanol–water partition coefficient (Wildman–Crippen LogP) is 29.5. The molecule has 0 N–H and O–H groups in total. The molecular formula is C108H80. The van der Waals surface area contributed by atoms with Gasteiger partial charge in [0, 0.05) is 21.7 Å². The number of rotatable bonds is 6. The monoisotopic (exact) mass is 1380 g/mol. The highest BCUT2D eigenvalue weighted by Crippen LogP contribution is 2.59. The second kappa shape index (κ2) is 23.5. The average molecular weight is 1380 g/mol. The highest BCUT2D eigenvalue weighted by atomic mass is 14.5. The molecule has 0 aromatic heterocycles. The lowest BCUT2D eigenvalue weighted by Gasteiger charge is -2.24. The summed E-state index contributed by atoms with van der Waals surface area (Å²) in [6.45, 7) is 19.2. The van der Waals surface area contributed by atoms with Crippen molar-refractivity contribution in [3.8, 4) is 111 Å². The van der Waals surface area contributed by atoms with Crippen molar-refractivity contribution >= 4 is 64.6 Å². The van der Waals surface area contributed by atoms with E-state index in [-0.39, 0.29) is 21.7 Å². The molecule has 0 nitrogen and oxygen atoms in total. The first-order chi connectivity index (χ1) is 52.5. The van der Waals surface area contributed by atoms with Crippen LogP contribution in [0.2, 0.25) is 0 Å². The molecule has 0 radical (unpaired) electrons. The first-order valence-electron chi connectivity index (χ1n) is 38.5. The molecule has 0 unspecified atom stereocenters. The van der Waals surface area contributed by atoms with Gasteiger partial charge in [0.05, 0.1) is 0 Å². The summed E-state index contributed by atoms with van der Waals surface area (Å²) in [6.07, 6.45) is 0. The van der Waals surface area contributed by atoms with Crippen LogP contribution in [0.4, 0.5) is 0 Å². The van der Waals surface area contributed by atoms with Crippen molar-refractivity contribution in [1.29, 1.82) is 0 Å². The van der Waals surface area contributed by atoms with E-state index in [1.807, 2.05) is 0 Å². The summed E-state index contributed by atoms with van der Waals surface area (Å²) in [5.74, 6) is 0. The first kappa shape index (κ1) is 63.9. The Balaban J connectivity index is 0.000000138. The van der Waals surface area contributed by atoms with Gasteiger partial charge in [-0.15, -0.1) is 0 Å². The Morgan fingerprint density at radius 2 is 0.361 bits per heavy atom. The van der Waals surface area contributed by atoms with Crippen LogP contribution in [-0.2, 0) is 21.7 Å². The van der Waals surface area contributed by atoms with Gasteiger partial charge < -0.3 is 0 Å². The molecule has 4 aliphatic rings. The Kier molecular flexibility index (Phi) is 13.9. The molecule has 18 aromatic carbocycles. The largest absolute Gasteiger partial charge is 0.0619 e. The topological polar surface area (TPSA) is 0 Å². The highest BCUT2D eigenvalue weighted by Gasteiger charge is 2.44. The zero-order valence-corrected chi connectivity index (χ0v) is 62.3. The lowest BCUT2D eigenvalue weighted by molar-refractivity contribution is 0.652. The van der Waals surface area contributed by atoms with E-state index in [4.69, 9.17) is 0 Å². The van der Waals surface area contributed by atoms with Crippen molar-refractivity contribution in [3.63, 3.8) is 0 Å². The summed E-state index contributed by atoms with van der Waals surface area (Å²) in [6, 6.07) is 128. The smallest absolute Gasteiger partial charge is 0.0159 e. The van der Waals surface area contributed by atoms with Gasteiger partial charge in [-0.25, -0.2) is 0 Å². The molecule has 0 atom stereocenters. The molecule has 0 aliphatic heterocycles. The van der Waals surface area contributed by atoms with Gasteiger partial charge in [-0.2, -0.15) is 0 Å². The maximum Gasteiger partial charge on any atom is 0.0159 e. The molecule has 0 heterocycles. The molecule has 0 saturated heterocycles. The molecule has 0 heteroatoms. The summed E-state index contributed by atoms with van der Waals surface area (Å²) in [5, 5.41) is 15.2. The van der Waals surface area contributed by atoms with Crippen LogP contribution in [0, 0.1) is 0 Å². The first-order valence-corrected chi connectivity index (χ1v) is 38.5. The lowest BCUT2D eigenvalue weighted by atomic mass is 9.79. The van der Waals surface area contributed by atoms with E-state index >= 15 is 0 Å². The van der Waals surface area contributed by atoms with Crippen LogP contribution >= 0.6 is 0 Å². The van der Waals surface area contributed by atoms with Crippen LogP contribution in [0.3, 0.4) is 0 Å². The minimum absolute atomic E-state index is 0.0163. The minimum Gasteiger partial charge on any atom is -0.0619 e. The summed E-state index contributed by atoms with van der Waals surface area (Å²) in [7, 11) is 0. The fourth-order valence-corrected chi connectivity index (χ4v) is 19.5. The SMILES string of the molecule is CC1(C)c2cc(-c3ccc4ccccc4c3)ccc2-c2cc3c(cc21)-c1ccc(-c2ccc4cc(-c5ccc6ccccc6c5)ccc4c2)cc1C3(C)C.CC1(C)c2ccccc2-c2cc3c(cc21)-c1ccc(-c2cc(-c4ccc5cc(-c6ccc7ccccc7c6)ccc5c4)c4ccccc4c2)cc1C3(C)C. The third-order valence-electron chi connectivity index (χ3n) is 25.6. The quantitative estimate of drug-likeness (QED) is 0.156. The van der Waals surface area contributed by atoms with Crippen LogP contribution in [0.25, 0.3) is 176 Å². The molecule has 512 valence electrons. The van der Waals surface area contributed by atoms with Gasteiger partial charge in [-0.1, -0.05) is 298 Å². The minimum atomic E-state index is -0.112. The van der Waals surface area contributed by atoms with Crippen molar-refractivity contribution in [2.24, 2.45) is 0 Å². The molecule has 22 rings (SSSR count). The molecule has 0 bridgehead atoms. The molecule has 0 saturated carbocycles. The van der Waals surface area contributed by atoms with Crippen LogP contribution < -0.4 is 0 Å². The maximum atomic E-state index is 2.52. The summed E-state index contributed by atoms with van der Waals surface area (Å²) in [5.41, 5.74) is 37.2. The van der Waals surface area contributed by atoms with Crippen LogP contribution in [0.15, 0.2) is 340 Å². The van der Waals surface area contributed by atoms with Crippen molar-refractivity contribution in [1.82, 2.24) is 0 Å². The molecule has 108 heavy (non-hydrogen) atoms. The zero-order valence-electron chi connectivity index (χ0n) is 62.3. The van der Waals surface area contributed by atoms with E-state index in [9.17, 15) is 0 Å². The number of hydrogen-bond donors (Lipinski definition) is 0. The van der Waals surface area contributed by atoms with E-state index in [2.05, 4.69) is 395 Å². The van der Waals surface area contributed by atoms with Gasteiger partial charge in [0.1, 0.15) is 0 Å². The summed E-state index contributed by atoms with van der Waals surface area (Å²) in [4.78, 5) is 0. The third kappa shape index (κ3) is 9.89. The van der Waals surface area contributed by atoms with Gasteiger partial charge >= 0.3 is 0 Å². The molecule has 4 aliphatic carbocycles. The fraction of sp³-hybridized carbons (Fsp3) is 0.111. The molecule has 0 amide bonds. The molecular weight excluding hydrogens is 1300 g/mol. The Morgan fingerprint density at radius 3 is 0.741 bits per heavy atom. The summed E-state index contributed by atoms with van der Waals surface area (Å²) < 4.78 is 0. The molecule has 18 aromatic rings. The average Bonchev–Trinajstić information content (AvgIpc) is 1.54. The van der Waals surface area contributed by atoms with Gasteiger partial charge in [0.2, 0.25) is 0 Å². The van der Waals surface area contributed by atoms with E-state index in [0.717, 1.165) is 0 Å². The summed E-state index contributed by atoms with van der Waals surface area (Å²) >= 11 is 0. The van der Waals surface area contributed by atoms with Crippen molar-refractivity contribution in [2.45, 2.75) is 77.0 Å². The lowest BCUT2D eigenvalue weighted by Crippen LogP contribution is -2.17. The van der Waals surface area contributed by atoms with Gasteiger partial charge in [-0.3, -0.25) is 0 Å². The van der Waals surface area contributed by atoms with Crippen LogP contribution in [0.5, 0.6) is 0 Å².